The number of aromatic nitrogens is 2. The summed E-state index contributed by atoms with van der Waals surface area (Å²) >= 11 is 7.04. The molecule has 0 saturated carbocycles. The predicted octanol–water partition coefficient (Wildman–Crippen LogP) is 3.87. The van der Waals surface area contributed by atoms with Crippen LogP contribution in [0.5, 0.6) is 0 Å². The average Bonchev–Trinajstić information content (AvgIpc) is 3.28. The summed E-state index contributed by atoms with van der Waals surface area (Å²) in [5.74, 6) is -0.229. The lowest BCUT2D eigenvalue weighted by atomic mass is 10.2. The average molecular weight is 374 g/mol. The van der Waals surface area contributed by atoms with Gasteiger partial charge < -0.3 is 5.32 Å². The molecule has 3 aromatic rings. The molecule has 0 bridgehead atoms. The zero-order valence-electron chi connectivity index (χ0n) is 13.3. The van der Waals surface area contributed by atoms with Gasteiger partial charge in [0.15, 0.2) is 5.78 Å². The Kier molecular flexibility index (Phi) is 5.63. The molecule has 0 spiro atoms. The third-order valence-corrected chi connectivity index (χ3v) is 4.85. The Labute approximate surface area is 154 Å². The molecule has 2 aromatic heterocycles. The highest BCUT2D eigenvalue weighted by Crippen LogP contribution is 2.22. The molecule has 0 aliphatic heterocycles. The summed E-state index contributed by atoms with van der Waals surface area (Å²) in [5.41, 5.74) is 1.86. The molecule has 0 aliphatic rings. The van der Waals surface area contributed by atoms with E-state index < -0.39 is 0 Å². The van der Waals surface area contributed by atoms with E-state index in [-0.39, 0.29) is 24.5 Å². The van der Waals surface area contributed by atoms with Crippen molar-refractivity contribution in [3.8, 4) is 5.69 Å². The fourth-order valence-corrected chi connectivity index (χ4v) is 3.29. The number of carbonyl (C=O) groups excluding carboxylic acids is 2. The highest BCUT2D eigenvalue weighted by atomic mass is 35.5. The molecule has 128 valence electrons. The van der Waals surface area contributed by atoms with E-state index in [2.05, 4.69) is 10.4 Å². The van der Waals surface area contributed by atoms with Gasteiger partial charge in [-0.3, -0.25) is 9.59 Å². The number of rotatable bonds is 7. The van der Waals surface area contributed by atoms with E-state index >= 15 is 0 Å². The normalized spacial score (nSPS) is 10.6. The molecule has 1 N–H and O–H groups in total. The van der Waals surface area contributed by atoms with Gasteiger partial charge in [0.05, 0.1) is 21.1 Å². The van der Waals surface area contributed by atoms with Crippen molar-refractivity contribution >= 4 is 34.6 Å². The lowest BCUT2D eigenvalue weighted by Gasteiger charge is -2.03. The fourth-order valence-electron chi connectivity index (χ4n) is 2.28. The summed E-state index contributed by atoms with van der Waals surface area (Å²) in [6.45, 7) is 0.380. The van der Waals surface area contributed by atoms with Gasteiger partial charge in [0, 0.05) is 31.1 Å². The summed E-state index contributed by atoms with van der Waals surface area (Å²) in [6, 6.07) is 13.1. The summed E-state index contributed by atoms with van der Waals surface area (Å²) in [4.78, 5) is 24.5. The number of hydrogen-bond donors (Lipinski definition) is 1. The van der Waals surface area contributed by atoms with Crippen molar-refractivity contribution in [3.05, 3.63) is 69.6 Å². The summed E-state index contributed by atoms with van der Waals surface area (Å²) < 4.78 is 2.33. The summed E-state index contributed by atoms with van der Waals surface area (Å²) in [6.07, 6.45) is 3.91. The maximum Gasteiger partial charge on any atom is 0.220 e. The van der Waals surface area contributed by atoms with E-state index in [0.717, 1.165) is 11.3 Å². The Bertz CT molecular complexity index is 873. The second kappa shape index (κ2) is 8.09. The number of nitrogens with zero attached hydrogens (tertiary/aromatic N) is 2. The van der Waals surface area contributed by atoms with Gasteiger partial charge in [0.2, 0.25) is 5.91 Å². The monoisotopic (exact) mass is 373 g/mol. The van der Waals surface area contributed by atoms with Gasteiger partial charge in [-0.2, -0.15) is 5.10 Å². The van der Waals surface area contributed by atoms with E-state index in [9.17, 15) is 9.59 Å². The number of nitrogens with one attached hydrogen (secondary N) is 1. The topological polar surface area (TPSA) is 64.0 Å². The summed E-state index contributed by atoms with van der Waals surface area (Å²) in [7, 11) is 0. The molecule has 1 amide bonds. The maximum atomic E-state index is 12.0. The number of ketones is 1. The van der Waals surface area contributed by atoms with Crippen molar-refractivity contribution in [3.63, 3.8) is 0 Å². The standard InChI is InChI=1S/C18H16ClN3O2S/c19-17-8-7-16(25-17)15(23)6-9-18(24)20-10-13-11-21-22(12-13)14-4-2-1-3-5-14/h1-5,7-8,11-12H,6,9-10H2,(H,20,24). The van der Waals surface area contributed by atoms with Crippen LogP contribution in [-0.2, 0) is 11.3 Å². The quantitative estimate of drug-likeness (QED) is 0.639. The fraction of sp³-hybridized carbons (Fsp3) is 0.167. The van der Waals surface area contributed by atoms with Crippen LogP contribution in [0.25, 0.3) is 5.69 Å². The largest absolute Gasteiger partial charge is 0.352 e. The van der Waals surface area contributed by atoms with Crippen LogP contribution in [0.15, 0.2) is 54.9 Å². The molecule has 25 heavy (non-hydrogen) atoms. The van der Waals surface area contributed by atoms with Gasteiger partial charge in [-0.25, -0.2) is 4.68 Å². The number of thiophene rings is 1. The third-order valence-electron chi connectivity index (χ3n) is 3.57. The molecule has 1 aromatic carbocycles. The second-order valence-corrected chi connectivity index (χ2v) is 7.15. The van der Waals surface area contributed by atoms with Crippen LogP contribution in [-0.4, -0.2) is 21.5 Å². The highest BCUT2D eigenvalue weighted by Gasteiger charge is 2.11. The number of hydrogen-bond acceptors (Lipinski definition) is 4. The SMILES string of the molecule is O=C(CCC(=O)c1ccc(Cl)s1)NCc1cnn(-c2ccccc2)c1. The van der Waals surface area contributed by atoms with Crippen LogP contribution in [0, 0.1) is 0 Å². The first-order chi connectivity index (χ1) is 12.1. The maximum absolute atomic E-state index is 12.0. The van der Waals surface area contributed by atoms with E-state index in [0.29, 0.717) is 15.8 Å². The van der Waals surface area contributed by atoms with Crippen molar-refractivity contribution in [2.75, 3.05) is 0 Å². The summed E-state index contributed by atoms with van der Waals surface area (Å²) in [5, 5.41) is 7.09. The molecular weight excluding hydrogens is 358 g/mol. The molecule has 0 saturated heterocycles. The molecule has 0 aliphatic carbocycles. The minimum Gasteiger partial charge on any atom is -0.352 e. The van der Waals surface area contributed by atoms with Crippen LogP contribution >= 0.6 is 22.9 Å². The van der Waals surface area contributed by atoms with Crippen molar-refractivity contribution in [2.45, 2.75) is 19.4 Å². The molecule has 0 unspecified atom stereocenters. The van der Waals surface area contributed by atoms with Crippen molar-refractivity contribution in [1.82, 2.24) is 15.1 Å². The Morgan fingerprint density at radius 1 is 1.12 bits per heavy atom. The first-order valence-corrected chi connectivity index (χ1v) is 8.95. The number of benzene rings is 1. The number of para-hydroxylation sites is 1. The Morgan fingerprint density at radius 3 is 2.64 bits per heavy atom. The molecule has 3 rings (SSSR count). The van der Waals surface area contributed by atoms with Gasteiger partial charge in [-0.05, 0) is 24.3 Å². The van der Waals surface area contributed by atoms with Gasteiger partial charge in [0.1, 0.15) is 0 Å². The van der Waals surface area contributed by atoms with E-state index in [4.69, 9.17) is 11.6 Å². The molecule has 0 fully saturated rings. The van der Waals surface area contributed by atoms with E-state index in [1.54, 1.807) is 23.0 Å². The van der Waals surface area contributed by atoms with E-state index in [1.807, 2.05) is 36.5 Å². The molecule has 7 heteroatoms. The van der Waals surface area contributed by atoms with Gasteiger partial charge in [0.25, 0.3) is 0 Å². The lowest BCUT2D eigenvalue weighted by Crippen LogP contribution is -2.23. The highest BCUT2D eigenvalue weighted by molar-refractivity contribution is 7.18. The molecule has 5 nitrogen and oxygen atoms in total. The number of halogens is 1. The third kappa shape index (κ3) is 4.78. The van der Waals surface area contributed by atoms with E-state index in [1.165, 1.54) is 11.3 Å². The Hall–Kier alpha value is -2.44. The number of carbonyl (C=O) groups is 2. The minimum absolute atomic E-state index is 0.0658. The Morgan fingerprint density at radius 2 is 1.92 bits per heavy atom. The lowest BCUT2D eigenvalue weighted by molar-refractivity contribution is -0.121. The zero-order valence-corrected chi connectivity index (χ0v) is 14.9. The van der Waals surface area contributed by atoms with Crippen LogP contribution in [0.2, 0.25) is 4.34 Å². The number of amides is 1. The van der Waals surface area contributed by atoms with Crippen LogP contribution in [0.1, 0.15) is 28.1 Å². The van der Waals surface area contributed by atoms with Crippen molar-refractivity contribution in [2.24, 2.45) is 0 Å². The van der Waals surface area contributed by atoms with Crippen molar-refractivity contribution in [1.29, 1.82) is 0 Å². The second-order valence-electron chi connectivity index (χ2n) is 5.43. The van der Waals surface area contributed by atoms with Gasteiger partial charge in [-0.1, -0.05) is 29.8 Å². The first kappa shape index (κ1) is 17.4. The molecule has 0 atom stereocenters. The first-order valence-electron chi connectivity index (χ1n) is 7.76. The number of Topliss-reactive ketones (excluding diaryl/α,β-unsaturated/α-hetero) is 1. The molecule has 0 radical (unpaired) electrons. The molecular formula is C18H16ClN3O2S. The van der Waals surface area contributed by atoms with Crippen LogP contribution in [0.3, 0.4) is 0 Å². The zero-order chi connectivity index (χ0) is 17.6. The minimum atomic E-state index is -0.163. The van der Waals surface area contributed by atoms with Crippen LogP contribution in [0.4, 0.5) is 0 Å². The smallest absolute Gasteiger partial charge is 0.220 e. The Balaban J connectivity index is 1.46. The van der Waals surface area contributed by atoms with Gasteiger partial charge >= 0.3 is 0 Å². The van der Waals surface area contributed by atoms with Crippen molar-refractivity contribution < 1.29 is 9.59 Å². The predicted molar refractivity (Wildman–Crippen MR) is 98.3 cm³/mol. The van der Waals surface area contributed by atoms with Crippen LogP contribution < -0.4 is 5.32 Å². The van der Waals surface area contributed by atoms with Gasteiger partial charge in [-0.15, -0.1) is 11.3 Å². The molecule has 2 heterocycles.